The van der Waals surface area contributed by atoms with E-state index in [0.717, 1.165) is 27.3 Å². The maximum absolute atomic E-state index is 6.13. The summed E-state index contributed by atoms with van der Waals surface area (Å²) in [5.41, 5.74) is 1.89. The van der Waals surface area contributed by atoms with E-state index in [4.69, 9.17) is 8.94 Å². The van der Waals surface area contributed by atoms with E-state index >= 15 is 0 Å². The van der Waals surface area contributed by atoms with Crippen molar-refractivity contribution >= 4 is 34.1 Å². The largest absolute Gasteiger partial charge is 0.450 e. The Morgan fingerprint density at radius 2 is 1.92 bits per heavy atom. The van der Waals surface area contributed by atoms with Gasteiger partial charge in [0.1, 0.15) is 5.58 Å². The highest BCUT2D eigenvalue weighted by Crippen LogP contribution is 2.36. The summed E-state index contributed by atoms with van der Waals surface area (Å²) in [6.45, 7) is 4.10. The first-order valence-corrected chi connectivity index (χ1v) is 8.08. The minimum Gasteiger partial charge on any atom is -0.450 e. The van der Waals surface area contributed by atoms with E-state index in [2.05, 4.69) is 46.6 Å². The summed E-state index contributed by atoms with van der Waals surface area (Å²) < 4.78 is 11.6. The van der Waals surface area contributed by atoms with Gasteiger partial charge in [0.15, 0.2) is 11.6 Å². The molecule has 0 aliphatic carbocycles. The predicted octanol–water partition coefficient (Wildman–Crippen LogP) is 4.52. The second-order valence-electron chi connectivity index (χ2n) is 6.13. The Labute approximate surface area is 151 Å². The summed E-state index contributed by atoms with van der Waals surface area (Å²) in [6.07, 6.45) is 0.711. The highest BCUT2D eigenvalue weighted by atomic mass is 35.5. The maximum Gasteiger partial charge on any atom is 0.293 e. The minimum atomic E-state index is 0. The zero-order valence-corrected chi connectivity index (χ0v) is 15.2. The number of aryl methyl sites for hydroxylation is 1. The summed E-state index contributed by atoms with van der Waals surface area (Å²) in [4.78, 5) is 4.49. The van der Waals surface area contributed by atoms with Crippen LogP contribution in [0.25, 0.3) is 33.4 Å². The van der Waals surface area contributed by atoms with Crippen molar-refractivity contribution in [1.29, 1.82) is 0 Å². The first-order chi connectivity index (χ1) is 11.7. The summed E-state index contributed by atoms with van der Waals surface area (Å²) in [6, 6.07) is 12.7. The molecular weight excluding hydrogens is 338 g/mol. The Balaban J connectivity index is 0.00000182. The Bertz CT molecular complexity index is 1020. The number of hydrogen-bond donors (Lipinski definition) is 1. The molecule has 0 amide bonds. The SMILES string of the molecule is CNC(C)Cc1noc(-c2oc3c(ccc4ccccc43)c2C)n1.Cl. The summed E-state index contributed by atoms with van der Waals surface area (Å²) in [7, 11) is 1.92. The molecule has 0 radical (unpaired) electrons. The number of likely N-dealkylation sites (N-methyl/N-ethyl adjacent to an activating group) is 1. The fourth-order valence-electron chi connectivity index (χ4n) is 2.96. The molecule has 1 N–H and O–H groups in total. The number of aromatic nitrogens is 2. The lowest BCUT2D eigenvalue weighted by Gasteiger charge is -2.04. The number of hydrogen-bond acceptors (Lipinski definition) is 5. The van der Waals surface area contributed by atoms with Crippen LogP contribution in [0.2, 0.25) is 0 Å². The van der Waals surface area contributed by atoms with Crippen LogP contribution >= 0.6 is 12.4 Å². The van der Waals surface area contributed by atoms with Crippen LogP contribution in [0.5, 0.6) is 0 Å². The van der Waals surface area contributed by atoms with E-state index < -0.39 is 0 Å². The van der Waals surface area contributed by atoms with Gasteiger partial charge in [-0.1, -0.05) is 41.6 Å². The van der Waals surface area contributed by atoms with Gasteiger partial charge in [0.25, 0.3) is 5.89 Å². The van der Waals surface area contributed by atoms with Gasteiger partial charge in [-0.15, -0.1) is 12.4 Å². The molecule has 2 aromatic carbocycles. The normalized spacial score (nSPS) is 12.4. The van der Waals surface area contributed by atoms with Crippen LogP contribution in [-0.2, 0) is 6.42 Å². The Morgan fingerprint density at radius 1 is 1.12 bits per heavy atom. The predicted molar refractivity (Wildman–Crippen MR) is 101 cm³/mol. The molecule has 0 fully saturated rings. The molecule has 4 aromatic rings. The molecule has 0 bridgehead atoms. The highest BCUT2D eigenvalue weighted by Gasteiger charge is 2.20. The number of halogens is 1. The van der Waals surface area contributed by atoms with E-state index in [1.54, 1.807) is 0 Å². The standard InChI is InChI=1S/C19H19N3O2.ClH/c1-11(20-3)10-16-21-19(24-22-16)17-12(2)14-9-8-13-6-4-5-7-15(13)18(14)23-17;/h4-9,11,20H,10H2,1-3H3;1H. The molecule has 1 atom stereocenters. The minimum absolute atomic E-state index is 0. The third-order valence-electron chi connectivity index (χ3n) is 4.47. The lowest BCUT2D eigenvalue weighted by atomic mass is 10.1. The van der Waals surface area contributed by atoms with Crippen LogP contribution < -0.4 is 5.32 Å². The molecule has 1 unspecified atom stereocenters. The smallest absolute Gasteiger partial charge is 0.293 e. The quantitative estimate of drug-likeness (QED) is 0.582. The number of rotatable bonds is 4. The Hall–Kier alpha value is -2.37. The first kappa shape index (κ1) is 17.5. The van der Waals surface area contributed by atoms with Crippen LogP contribution in [0.3, 0.4) is 0 Å². The van der Waals surface area contributed by atoms with Crippen molar-refractivity contribution in [2.45, 2.75) is 26.3 Å². The van der Waals surface area contributed by atoms with Crippen molar-refractivity contribution in [3.05, 3.63) is 47.8 Å². The molecule has 0 aliphatic rings. The van der Waals surface area contributed by atoms with Crippen molar-refractivity contribution in [3.63, 3.8) is 0 Å². The molecule has 4 rings (SSSR count). The molecule has 0 aliphatic heterocycles. The van der Waals surface area contributed by atoms with Crippen molar-refractivity contribution in [3.8, 4) is 11.7 Å². The highest BCUT2D eigenvalue weighted by molar-refractivity contribution is 6.06. The van der Waals surface area contributed by atoms with Crippen molar-refractivity contribution in [2.24, 2.45) is 0 Å². The second-order valence-corrected chi connectivity index (χ2v) is 6.13. The molecule has 0 saturated carbocycles. The van der Waals surface area contributed by atoms with E-state index in [1.807, 2.05) is 26.1 Å². The van der Waals surface area contributed by atoms with E-state index in [0.29, 0.717) is 23.9 Å². The molecule has 130 valence electrons. The molecule has 2 heterocycles. The average molecular weight is 358 g/mol. The van der Waals surface area contributed by atoms with Gasteiger partial charge in [0.05, 0.1) is 0 Å². The van der Waals surface area contributed by atoms with Crippen molar-refractivity contribution in [2.75, 3.05) is 7.05 Å². The van der Waals surface area contributed by atoms with Crippen LogP contribution in [0.1, 0.15) is 18.3 Å². The number of nitrogens with one attached hydrogen (secondary N) is 1. The number of fused-ring (bicyclic) bond motifs is 3. The number of furan rings is 1. The monoisotopic (exact) mass is 357 g/mol. The van der Waals surface area contributed by atoms with E-state index in [-0.39, 0.29) is 18.4 Å². The molecule has 5 nitrogen and oxygen atoms in total. The molecule has 25 heavy (non-hydrogen) atoms. The topological polar surface area (TPSA) is 64.1 Å². The van der Waals surface area contributed by atoms with Gasteiger partial charge in [-0.25, -0.2) is 0 Å². The van der Waals surface area contributed by atoms with Gasteiger partial charge in [-0.2, -0.15) is 4.98 Å². The molecule has 2 aromatic heterocycles. The molecule has 0 spiro atoms. The van der Waals surface area contributed by atoms with E-state index in [9.17, 15) is 0 Å². The third-order valence-corrected chi connectivity index (χ3v) is 4.47. The van der Waals surface area contributed by atoms with Gasteiger partial charge in [-0.05, 0) is 26.3 Å². The van der Waals surface area contributed by atoms with Gasteiger partial charge >= 0.3 is 0 Å². The third kappa shape index (κ3) is 3.01. The molecule has 0 saturated heterocycles. The van der Waals surface area contributed by atoms with Crippen LogP contribution in [0, 0.1) is 6.92 Å². The zero-order chi connectivity index (χ0) is 16.7. The average Bonchev–Trinajstić information content (AvgIpc) is 3.19. The Kier molecular flexibility index (Phi) is 4.79. The summed E-state index contributed by atoms with van der Waals surface area (Å²) in [5, 5.41) is 10.6. The van der Waals surface area contributed by atoms with Crippen molar-refractivity contribution < 1.29 is 8.94 Å². The fraction of sp³-hybridized carbons (Fsp3) is 0.263. The maximum atomic E-state index is 6.13. The summed E-state index contributed by atoms with van der Waals surface area (Å²) in [5.74, 6) is 1.76. The van der Waals surface area contributed by atoms with Gasteiger partial charge in [0.2, 0.25) is 0 Å². The number of benzene rings is 2. The fourth-order valence-corrected chi connectivity index (χ4v) is 2.96. The Morgan fingerprint density at radius 3 is 2.72 bits per heavy atom. The zero-order valence-electron chi connectivity index (χ0n) is 14.4. The van der Waals surface area contributed by atoms with Gasteiger partial charge in [0, 0.05) is 28.8 Å². The lowest BCUT2D eigenvalue weighted by molar-refractivity contribution is 0.408. The second kappa shape index (κ2) is 6.86. The van der Waals surface area contributed by atoms with Crippen molar-refractivity contribution in [1.82, 2.24) is 15.5 Å². The van der Waals surface area contributed by atoms with E-state index in [1.165, 1.54) is 0 Å². The van der Waals surface area contributed by atoms with Crippen LogP contribution in [0.15, 0.2) is 45.3 Å². The number of nitrogens with zero attached hydrogens (tertiary/aromatic N) is 2. The molecule has 6 heteroatoms. The van der Waals surface area contributed by atoms with Gasteiger partial charge < -0.3 is 14.3 Å². The molecular formula is C19H20ClN3O2. The first-order valence-electron chi connectivity index (χ1n) is 8.08. The lowest BCUT2D eigenvalue weighted by Crippen LogP contribution is -2.24. The van der Waals surface area contributed by atoms with Crippen LogP contribution in [-0.4, -0.2) is 23.2 Å². The van der Waals surface area contributed by atoms with Crippen LogP contribution in [0.4, 0.5) is 0 Å². The summed E-state index contributed by atoms with van der Waals surface area (Å²) >= 11 is 0. The van der Waals surface area contributed by atoms with Gasteiger partial charge in [-0.3, -0.25) is 0 Å².